The molecule has 6 heteroatoms. The molecule has 0 aliphatic carbocycles. The minimum atomic E-state index is -3.07. The zero-order chi connectivity index (χ0) is 13.2. The number of fused-ring (bicyclic) bond motifs is 1. The zero-order valence-corrected chi connectivity index (χ0v) is 12.2. The van der Waals surface area contributed by atoms with E-state index in [0.29, 0.717) is 24.3 Å². The molecule has 1 aliphatic rings. The van der Waals surface area contributed by atoms with E-state index in [1.165, 1.54) is 0 Å². The summed E-state index contributed by atoms with van der Waals surface area (Å²) < 4.78 is 23.6. The number of carbonyl (C=O) groups excluding carboxylic acids is 1. The minimum Gasteiger partial charge on any atom is -0.346 e. The van der Waals surface area contributed by atoms with Crippen molar-refractivity contribution in [2.45, 2.75) is 24.2 Å². The number of hydrogen-bond acceptors (Lipinski definition) is 3. The molecule has 0 atom stereocenters. The highest BCUT2D eigenvalue weighted by molar-refractivity contribution is 9.18. The van der Waals surface area contributed by atoms with Crippen molar-refractivity contribution in [3.63, 3.8) is 0 Å². The quantitative estimate of drug-likeness (QED) is 0.681. The van der Waals surface area contributed by atoms with Crippen LogP contribution in [0.4, 0.5) is 4.79 Å². The van der Waals surface area contributed by atoms with Gasteiger partial charge in [-0.3, -0.25) is 4.79 Å². The van der Waals surface area contributed by atoms with Crippen LogP contribution in [0.2, 0.25) is 0 Å². The fourth-order valence-electron chi connectivity index (χ4n) is 2.15. The molecule has 4 nitrogen and oxygen atoms in total. The monoisotopic (exact) mass is 331 g/mol. The Morgan fingerprint density at radius 2 is 2.17 bits per heavy atom. The summed E-state index contributed by atoms with van der Waals surface area (Å²) in [5, 5.41) is 2.65. The van der Waals surface area contributed by atoms with Crippen LogP contribution in [0, 0.1) is 0 Å². The number of carbonyl (C=O) groups is 1. The number of nitrogens with one attached hydrogen (secondary N) is 1. The zero-order valence-electron chi connectivity index (χ0n) is 9.78. The Kier molecular flexibility index (Phi) is 4.07. The lowest BCUT2D eigenvalue weighted by molar-refractivity contribution is 0.262. The Labute approximate surface area is 115 Å². The van der Waals surface area contributed by atoms with Crippen LogP contribution in [0.15, 0.2) is 23.1 Å². The molecule has 18 heavy (non-hydrogen) atoms. The molecule has 1 aromatic carbocycles. The van der Waals surface area contributed by atoms with Crippen molar-refractivity contribution >= 4 is 30.6 Å². The molecular weight excluding hydrogens is 318 g/mol. The van der Waals surface area contributed by atoms with Gasteiger partial charge in [0.2, 0.25) is 0 Å². The third-order valence-corrected chi connectivity index (χ3v) is 5.17. The molecule has 1 amide bonds. The molecule has 0 saturated carbocycles. The highest BCUT2D eigenvalue weighted by Gasteiger charge is 2.23. The largest absolute Gasteiger partial charge is 0.346 e. The third kappa shape index (κ3) is 3.11. The molecule has 2 rings (SSSR count). The average Bonchev–Trinajstić information content (AvgIpc) is 2.27. The molecule has 1 aliphatic heterocycles. The molecular formula is C12H14BrNO3S. The van der Waals surface area contributed by atoms with E-state index >= 15 is 0 Å². The van der Waals surface area contributed by atoms with Crippen molar-refractivity contribution < 1.29 is 13.2 Å². The molecule has 1 N–H and O–H groups in total. The van der Waals surface area contributed by atoms with E-state index < -0.39 is 9.84 Å². The van der Waals surface area contributed by atoms with E-state index in [0.717, 1.165) is 17.5 Å². The van der Waals surface area contributed by atoms with Crippen molar-refractivity contribution in [1.29, 1.82) is 0 Å². The fourth-order valence-corrected chi connectivity index (χ4v) is 3.93. The second-order valence-corrected chi connectivity index (χ2v) is 7.11. The number of amides is 1. The SMILES string of the molecule is O=C(Br)NCCc1ccc2c(c1)CCCS2(=O)=O. The summed E-state index contributed by atoms with van der Waals surface area (Å²) in [6, 6.07) is 5.45. The van der Waals surface area contributed by atoms with Gasteiger partial charge >= 0.3 is 0 Å². The highest BCUT2D eigenvalue weighted by Crippen LogP contribution is 2.25. The van der Waals surface area contributed by atoms with Crippen LogP contribution in [0.5, 0.6) is 0 Å². The van der Waals surface area contributed by atoms with E-state index in [-0.39, 0.29) is 10.6 Å². The van der Waals surface area contributed by atoms with Gasteiger partial charge in [-0.25, -0.2) is 8.42 Å². The molecule has 0 spiro atoms. The third-order valence-electron chi connectivity index (χ3n) is 3.00. The number of halogens is 1. The Bertz CT molecular complexity index is 569. The van der Waals surface area contributed by atoms with Gasteiger partial charge in [-0.1, -0.05) is 12.1 Å². The molecule has 0 bridgehead atoms. The lowest BCUT2D eigenvalue weighted by atomic mass is 10.0. The van der Waals surface area contributed by atoms with E-state index in [1.807, 2.05) is 12.1 Å². The van der Waals surface area contributed by atoms with E-state index in [9.17, 15) is 13.2 Å². The van der Waals surface area contributed by atoms with Gasteiger partial charge < -0.3 is 5.32 Å². The van der Waals surface area contributed by atoms with Crippen LogP contribution in [0.25, 0.3) is 0 Å². The van der Waals surface area contributed by atoms with Crippen LogP contribution in [0.1, 0.15) is 17.5 Å². The maximum atomic E-state index is 11.8. The van der Waals surface area contributed by atoms with Crippen LogP contribution in [-0.4, -0.2) is 25.5 Å². The van der Waals surface area contributed by atoms with Crippen LogP contribution in [0.3, 0.4) is 0 Å². The first-order valence-electron chi connectivity index (χ1n) is 5.77. The molecule has 0 saturated heterocycles. The summed E-state index contributed by atoms with van der Waals surface area (Å²) >= 11 is 2.79. The Hall–Kier alpha value is -0.880. The van der Waals surface area contributed by atoms with Gasteiger partial charge in [0.05, 0.1) is 10.6 Å². The fraction of sp³-hybridized carbons (Fsp3) is 0.417. The summed E-state index contributed by atoms with van der Waals surface area (Å²) in [5.74, 6) is 0.249. The van der Waals surface area contributed by atoms with E-state index in [4.69, 9.17) is 0 Å². The van der Waals surface area contributed by atoms with Crippen LogP contribution >= 0.6 is 15.9 Å². The van der Waals surface area contributed by atoms with Crippen LogP contribution in [-0.2, 0) is 22.7 Å². The first kappa shape index (κ1) is 13.5. The number of rotatable bonds is 3. The number of benzene rings is 1. The van der Waals surface area contributed by atoms with Gasteiger partial charge in [-0.15, -0.1) is 0 Å². The molecule has 0 radical (unpaired) electrons. The van der Waals surface area contributed by atoms with Gasteiger partial charge in [0.25, 0.3) is 4.82 Å². The maximum Gasteiger partial charge on any atom is 0.287 e. The molecule has 0 aromatic heterocycles. The summed E-state index contributed by atoms with van der Waals surface area (Å²) in [6.07, 6.45) is 2.20. The summed E-state index contributed by atoms with van der Waals surface area (Å²) in [6.45, 7) is 0.537. The number of aryl methyl sites for hydroxylation is 1. The molecule has 98 valence electrons. The van der Waals surface area contributed by atoms with Gasteiger partial charge in [-0.05, 0) is 36.5 Å². The van der Waals surface area contributed by atoms with Crippen LogP contribution < -0.4 is 5.32 Å². The smallest absolute Gasteiger partial charge is 0.287 e. The van der Waals surface area contributed by atoms with E-state index in [2.05, 4.69) is 21.2 Å². The average molecular weight is 332 g/mol. The maximum absolute atomic E-state index is 11.8. The van der Waals surface area contributed by atoms with Crippen molar-refractivity contribution in [3.8, 4) is 0 Å². The minimum absolute atomic E-state index is 0.233. The van der Waals surface area contributed by atoms with Gasteiger partial charge in [0.1, 0.15) is 0 Å². The van der Waals surface area contributed by atoms with Crippen molar-refractivity contribution in [1.82, 2.24) is 5.32 Å². The first-order valence-corrected chi connectivity index (χ1v) is 8.21. The number of sulfone groups is 1. The summed E-state index contributed by atoms with van der Waals surface area (Å²) in [7, 11) is -3.07. The molecule has 0 unspecified atom stereocenters. The topological polar surface area (TPSA) is 63.2 Å². The Balaban J connectivity index is 2.15. The molecule has 1 heterocycles. The normalized spacial score (nSPS) is 16.9. The standard InChI is InChI=1S/C12H14BrNO3S/c13-12(15)14-6-5-9-3-4-11-10(8-9)2-1-7-18(11,16)17/h3-4,8H,1-2,5-7H2,(H,14,15). The van der Waals surface area contributed by atoms with Gasteiger partial charge in [0.15, 0.2) is 9.84 Å². The van der Waals surface area contributed by atoms with Gasteiger partial charge in [-0.2, -0.15) is 0 Å². The predicted molar refractivity (Wildman–Crippen MR) is 72.8 cm³/mol. The first-order chi connectivity index (χ1) is 8.49. The Morgan fingerprint density at radius 1 is 1.39 bits per heavy atom. The second kappa shape index (κ2) is 5.40. The molecule has 1 aromatic rings. The van der Waals surface area contributed by atoms with Crippen molar-refractivity contribution in [3.05, 3.63) is 29.3 Å². The van der Waals surface area contributed by atoms with Gasteiger partial charge in [0, 0.05) is 22.5 Å². The van der Waals surface area contributed by atoms with E-state index in [1.54, 1.807) is 6.07 Å². The lowest BCUT2D eigenvalue weighted by Gasteiger charge is -2.17. The Morgan fingerprint density at radius 3 is 2.89 bits per heavy atom. The highest BCUT2D eigenvalue weighted by atomic mass is 79.9. The van der Waals surface area contributed by atoms with Crippen molar-refractivity contribution in [2.75, 3.05) is 12.3 Å². The molecule has 0 fully saturated rings. The summed E-state index contributed by atoms with van der Waals surface area (Å²) in [4.78, 5) is 10.9. The van der Waals surface area contributed by atoms with Crippen molar-refractivity contribution in [2.24, 2.45) is 0 Å². The summed E-state index contributed by atoms with van der Waals surface area (Å²) in [5.41, 5.74) is 1.95. The lowest BCUT2D eigenvalue weighted by Crippen LogP contribution is -2.20. The number of hydrogen-bond donors (Lipinski definition) is 1. The second-order valence-electron chi connectivity index (χ2n) is 4.31. The predicted octanol–water partition coefficient (Wildman–Crippen LogP) is 2.05.